The third-order valence-electron chi connectivity index (χ3n) is 5.06. The van der Waals surface area contributed by atoms with Crippen LogP contribution in [0.25, 0.3) is 10.9 Å². The summed E-state index contributed by atoms with van der Waals surface area (Å²) in [5.74, 6) is 0.323. The summed E-state index contributed by atoms with van der Waals surface area (Å²) >= 11 is 12.7. The van der Waals surface area contributed by atoms with Gasteiger partial charge in [-0.3, -0.25) is 4.79 Å². The third kappa shape index (κ3) is 3.54. The number of hydrogen-bond donors (Lipinski definition) is 0. The normalized spacial score (nSPS) is 14.6. The van der Waals surface area contributed by atoms with Crippen LogP contribution in [0.4, 0.5) is 0 Å². The molecular weight excluding hydrogens is 395 g/mol. The molecule has 1 atom stereocenters. The number of pyridine rings is 1. The van der Waals surface area contributed by atoms with E-state index >= 15 is 0 Å². The quantitative estimate of drug-likeness (QED) is 0.591. The molecule has 1 aromatic heterocycles. The number of hydrogen-bond acceptors (Lipinski definition) is 3. The number of rotatable bonds is 3. The van der Waals surface area contributed by atoms with Crippen LogP contribution in [0.15, 0.2) is 42.5 Å². The van der Waals surface area contributed by atoms with Gasteiger partial charge in [-0.15, -0.1) is 0 Å². The maximum Gasteiger partial charge on any atom is 0.263 e. The fourth-order valence-corrected chi connectivity index (χ4v) is 4.13. The van der Waals surface area contributed by atoms with Gasteiger partial charge in [-0.25, -0.2) is 4.98 Å². The van der Waals surface area contributed by atoms with Crippen molar-refractivity contribution in [2.45, 2.75) is 32.9 Å². The second-order valence-corrected chi connectivity index (χ2v) is 7.87. The van der Waals surface area contributed by atoms with E-state index in [0.717, 1.165) is 17.5 Å². The zero-order valence-electron chi connectivity index (χ0n) is 15.7. The molecule has 28 heavy (non-hydrogen) atoms. The van der Waals surface area contributed by atoms with Gasteiger partial charge in [0.05, 0.1) is 10.0 Å². The van der Waals surface area contributed by atoms with Gasteiger partial charge < -0.3 is 9.64 Å². The number of aromatic nitrogens is 1. The van der Waals surface area contributed by atoms with Crippen LogP contribution in [0, 0.1) is 6.92 Å². The number of benzene rings is 2. The van der Waals surface area contributed by atoms with Crippen molar-refractivity contribution in [3.05, 3.63) is 69.3 Å². The first-order valence-electron chi connectivity index (χ1n) is 9.21. The summed E-state index contributed by atoms with van der Waals surface area (Å²) in [6, 6.07) is 13.6. The van der Waals surface area contributed by atoms with Crippen LogP contribution < -0.4 is 4.74 Å². The van der Waals surface area contributed by atoms with Crippen LogP contribution in [-0.2, 0) is 17.8 Å². The second kappa shape index (κ2) is 7.61. The first-order valence-corrected chi connectivity index (χ1v) is 9.97. The summed E-state index contributed by atoms with van der Waals surface area (Å²) in [6.07, 6.45) is 0.162. The Hall–Kier alpha value is -2.30. The van der Waals surface area contributed by atoms with Crippen molar-refractivity contribution in [1.29, 1.82) is 0 Å². The lowest BCUT2D eigenvalue weighted by Crippen LogP contribution is -2.43. The lowest BCUT2D eigenvalue weighted by atomic mass is 9.99. The second-order valence-electron chi connectivity index (χ2n) is 7.06. The molecule has 1 amide bonds. The maximum atomic E-state index is 13.0. The predicted octanol–water partition coefficient (Wildman–Crippen LogP) is 5.20. The molecule has 0 fully saturated rings. The lowest BCUT2D eigenvalue weighted by molar-refractivity contribution is -0.138. The molecule has 0 N–H and O–H groups in total. The fraction of sp³-hybridized carbons (Fsp3) is 0.273. The topological polar surface area (TPSA) is 42.4 Å². The van der Waals surface area contributed by atoms with Crippen molar-refractivity contribution in [2.75, 3.05) is 6.54 Å². The zero-order valence-corrected chi connectivity index (χ0v) is 17.2. The Labute approximate surface area is 174 Å². The summed E-state index contributed by atoms with van der Waals surface area (Å²) in [5.41, 5.74) is 3.87. The molecule has 0 saturated carbocycles. The first-order chi connectivity index (χ1) is 13.4. The van der Waals surface area contributed by atoms with Crippen LogP contribution >= 0.6 is 23.2 Å². The number of fused-ring (bicyclic) bond motifs is 2. The van der Waals surface area contributed by atoms with E-state index in [2.05, 4.69) is 17.1 Å². The van der Waals surface area contributed by atoms with Crippen LogP contribution in [0.5, 0.6) is 5.75 Å². The average molecular weight is 415 g/mol. The highest BCUT2D eigenvalue weighted by Crippen LogP contribution is 2.38. The molecule has 0 aliphatic carbocycles. The fourth-order valence-electron chi connectivity index (χ4n) is 3.57. The molecule has 0 bridgehead atoms. The van der Waals surface area contributed by atoms with Crippen LogP contribution in [0.1, 0.15) is 23.7 Å². The Kier molecular flexibility index (Phi) is 5.17. The van der Waals surface area contributed by atoms with Gasteiger partial charge in [0, 0.05) is 24.2 Å². The van der Waals surface area contributed by atoms with Gasteiger partial charge in [0.2, 0.25) is 0 Å². The van der Waals surface area contributed by atoms with E-state index in [0.29, 0.717) is 34.4 Å². The van der Waals surface area contributed by atoms with E-state index in [1.165, 1.54) is 11.1 Å². The van der Waals surface area contributed by atoms with Crippen molar-refractivity contribution in [3.8, 4) is 5.75 Å². The molecule has 0 saturated heterocycles. The Bertz CT molecular complexity index is 1070. The standard InChI is InChI=1S/C22H20Cl2N2O2/c1-13-7-8-17-18(23)11-19(24)21(20(17)25-13)28-14(2)22(27)26-10-9-15-5-3-4-6-16(15)12-26/h3-8,11,14H,9-10,12H2,1-2H3. The summed E-state index contributed by atoms with van der Waals surface area (Å²) in [6.45, 7) is 4.90. The molecule has 144 valence electrons. The zero-order chi connectivity index (χ0) is 19.8. The molecular formula is C22H20Cl2N2O2. The minimum atomic E-state index is -0.686. The van der Waals surface area contributed by atoms with E-state index < -0.39 is 6.10 Å². The Balaban J connectivity index is 1.60. The summed E-state index contributed by atoms with van der Waals surface area (Å²) < 4.78 is 6.03. The molecule has 4 nitrogen and oxygen atoms in total. The maximum absolute atomic E-state index is 13.0. The van der Waals surface area contributed by atoms with E-state index in [-0.39, 0.29) is 5.91 Å². The van der Waals surface area contributed by atoms with Crippen molar-refractivity contribution in [1.82, 2.24) is 9.88 Å². The largest absolute Gasteiger partial charge is 0.477 e. The van der Waals surface area contributed by atoms with Crippen molar-refractivity contribution in [2.24, 2.45) is 0 Å². The van der Waals surface area contributed by atoms with E-state index in [1.54, 1.807) is 13.0 Å². The Morgan fingerprint density at radius 3 is 2.68 bits per heavy atom. The van der Waals surface area contributed by atoms with E-state index in [1.807, 2.05) is 36.1 Å². The Morgan fingerprint density at radius 2 is 1.89 bits per heavy atom. The molecule has 0 radical (unpaired) electrons. The molecule has 0 spiro atoms. The van der Waals surface area contributed by atoms with Gasteiger partial charge in [-0.05, 0) is 49.6 Å². The SMILES string of the molecule is Cc1ccc2c(Cl)cc(Cl)c(OC(C)C(=O)N3CCc4ccccc4C3)c2n1. The third-order valence-corrected chi connectivity index (χ3v) is 5.66. The summed E-state index contributed by atoms with van der Waals surface area (Å²) in [7, 11) is 0. The van der Waals surface area contributed by atoms with Gasteiger partial charge in [-0.1, -0.05) is 47.5 Å². The molecule has 3 aromatic rings. The highest BCUT2D eigenvalue weighted by Gasteiger charge is 2.27. The van der Waals surface area contributed by atoms with Crippen molar-refractivity contribution in [3.63, 3.8) is 0 Å². The average Bonchev–Trinajstić information content (AvgIpc) is 2.69. The highest BCUT2D eigenvalue weighted by atomic mass is 35.5. The van der Waals surface area contributed by atoms with Gasteiger partial charge in [0.15, 0.2) is 11.9 Å². The van der Waals surface area contributed by atoms with Gasteiger partial charge in [0.1, 0.15) is 5.52 Å². The van der Waals surface area contributed by atoms with E-state index in [9.17, 15) is 4.79 Å². The van der Waals surface area contributed by atoms with Crippen LogP contribution in [0.2, 0.25) is 10.0 Å². The molecule has 6 heteroatoms. The Morgan fingerprint density at radius 1 is 1.14 bits per heavy atom. The summed E-state index contributed by atoms with van der Waals surface area (Å²) in [5, 5.41) is 1.60. The van der Waals surface area contributed by atoms with Crippen molar-refractivity contribution >= 4 is 40.0 Å². The molecule has 2 heterocycles. The van der Waals surface area contributed by atoms with Crippen LogP contribution in [0.3, 0.4) is 0 Å². The number of amides is 1. The minimum Gasteiger partial charge on any atom is -0.477 e. The highest BCUT2D eigenvalue weighted by molar-refractivity contribution is 6.39. The van der Waals surface area contributed by atoms with Gasteiger partial charge in [0.25, 0.3) is 5.91 Å². The molecule has 1 unspecified atom stereocenters. The summed E-state index contributed by atoms with van der Waals surface area (Å²) in [4.78, 5) is 19.4. The number of ether oxygens (including phenoxy) is 1. The smallest absolute Gasteiger partial charge is 0.263 e. The molecule has 4 rings (SSSR count). The lowest BCUT2D eigenvalue weighted by Gasteiger charge is -2.31. The van der Waals surface area contributed by atoms with Gasteiger partial charge >= 0.3 is 0 Å². The van der Waals surface area contributed by atoms with Gasteiger partial charge in [-0.2, -0.15) is 0 Å². The minimum absolute atomic E-state index is 0.0682. The first kappa shape index (κ1) is 19.0. The molecule has 1 aliphatic heterocycles. The molecule has 1 aliphatic rings. The number of nitrogens with zero attached hydrogens (tertiary/aromatic N) is 2. The monoisotopic (exact) mass is 414 g/mol. The molecule has 2 aromatic carbocycles. The number of carbonyl (C=O) groups excluding carboxylic acids is 1. The number of carbonyl (C=O) groups is 1. The number of halogens is 2. The predicted molar refractivity (Wildman–Crippen MR) is 112 cm³/mol. The van der Waals surface area contributed by atoms with Crippen molar-refractivity contribution < 1.29 is 9.53 Å². The van der Waals surface area contributed by atoms with Crippen LogP contribution in [-0.4, -0.2) is 28.4 Å². The number of aryl methyl sites for hydroxylation is 1. The van der Waals surface area contributed by atoms with E-state index in [4.69, 9.17) is 27.9 Å².